The fourth-order valence-corrected chi connectivity index (χ4v) is 2.41. The van der Waals surface area contributed by atoms with E-state index in [2.05, 4.69) is 20.0 Å². The summed E-state index contributed by atoms with van der Waals surface area (Å²) in [5, 5.41) is 2.70. The summed E-state index contributed by atoms with van der Waals surface area (Å²) in [5.74, 6) is -0.595. The first-order valence-corrected chi connectivity index (χ1v) is 7.22. The van der Waals surface area contributed by atoms with Crippen LogP contribution in [0.15, 0.2) is 30.5 Å². The summed E-state index contributed by atoms with van der Waals surface area (Å²) in [5.41, 5.74) is 0.495. The van der Waals surface area contributed by atoms with Crippen molar-refractivity contribution < 1.29 is 18.7 Å². The Balaban J connectivity index is 1.63. The van der Waals surface area contributed by atoms with Gasteiger partial charge < -0.3 is 15.0 Å². The fourth-order valence-electron chi connectivity index (χ4n) is 2.41. The molecule has 0 spiro atoms. The molecule has 1 saturated carbocycles. The first-order valence-electron chi connectivity index (χ1n) is 7.22. The van der Waals surface area contributed by atoms with Crippen LogP contribution in [0.3, 0.4) is 0 Å². The molecule has 0 bridgehead atoms. The van der Waals surface area contributed by atoms with Crippen LogP contribution in [0, 0.1) is 11.2 Å². The number of carbonyl (C=O) groups excluding carboxylic acids is 2. The molecule has 0 unspecified atom stereocenters. The van der Waals surface area contributed by atoms with Gasteiger partial charge in [0, 0.05) is 0 Å². The first-order chi connectivity index (χ1) is 11.0. The summed E-state index contributed by atoms with van der Waals surface area (Å²) in [6, 6.07) is 6.01. The summed E-state index contributed by atoms with van der Waals surface area (Å²) < 4.78 is 17.6. The van der Waals surface area contributed by atoms with Crippen LogP contribution in [0.2, 0.25) is 0 Å². The van der Waals surface area contributed by atoms with Gasteiger partial charge in [-0.1, -0.05) is 0 Å². The Labute approximate surface area is 132 Å². The average molecular weight is 317 g/mol. The van der Waals surface area contributed by atoms with Crippen LogP contribution in [0.5, 0.6) is 0 Å². The van der Waals surface area contributed by atoms with Crippen molar-refractivity contribution in [1.82, 2.24) is 15.3 Å². The quantitative estimate of drug-likeness (QED) is 0.650. The highest BCUT2D eigenvalue weighted by Gasteiger charge is 2.57. The van der Waals surface area contributed by atoms with Gasteiger partial charge in [0.15, 0.2) is 0 Å². The standard InChI is InChI=1S/C16H16FN3O3/c1-23-15(22)16(6-7-16)14(21)19-9-13-18-8-12(20-13)10-2-4-11(17)5-3-10/h2-5,8H,6-7,9H2,1H3,(H,18,20)(H,19,21). The van der Waals surface area contributed by atoms with E-state index in [1.807, 2.05) is 0 Å². The number of esters is 1. The van der Waals surface area contributed by atoms with Gasteiger partial charge in [0.05, 0.1) is 25.5 Å². The van der Waals surface area contributed by atoms with Crippen LogP contribution in [0.4, 0.5) is 4.39 Å². The van der Waals surface area contributed by atoms with E-state index in [4.69, 9.17) is 0 Å². The molecule has 1 fully saturated rings. The Bertz CT molecular complexity index is 735. The summed E-state index contributed by atoms with van der Waals surface area (Å²) in [6.45, 7) is 0.179. The van der Waals surface area contributed by atoms with Gasteiger partial charge in [0.1, 0.15) is 17.1 Å². The Hall–Kier alpha value is -2.70. The Morgan fingerprint density at radius 2 is 2.04 bits per heavy atom. The number of benzene rings is 1. The lowest BCUT2D eigenvalue weighted by Gasteiger charge is -2.11. The molecule has 1 heterocycles. The molecule has 1 aliphatic carbocycles. The normalized spacial score (nSPS) is 15.0. The lowest BCUT2D eigenvalue weighted by atomic mass is 10.1. The molecule has 0 radical (unpaired) electrons. The molecule has 0 saturated heterocycles. The smallest absolute Gasteiger partial charge is 0.321 e. The largest absolute Gasteiger partial charge is 0.468 e. The van der Waals surface area contributed by atoms with Crippen LogP contribution in [0.1, 0.15) is 18.7 Å². The fraction of sp³-hybridized carbons (Fsp3) is 0.312. The summed E-state index contributed by atoms with van der Waals surface area (Å²) in [6.07, 6.45) is 2.62. The van der Waals surface area contributed by atoms with E-state index in [0.717, 1.165) is 11.3 Å². The number of rotatable bonds is 5. The third-order valence-corrected chi connectivity index (χ3v) is 3.96. The molecule has 1 aromatic heterocycles. The van der Waals surface area contributed by atoms with Crippen molar-refractivity contribution in [2.75, 3.05) is 7.11 Å². The van der Waals surface area contributed by atoms with Crippen molar-refractivity contribution in [3.8, 4) is 11.3 Å². The minimum Gasteiger partial charge on any atom is -0.468 e. The molecule has 23 heavy (non-hydrogen) atoms. The van der Waals surface area contributed by atoms with Crippen molar-refractivity contribution in [2.24, 2.45) is 5.41 Å². The maximum atomic E-state index is 12.9. The summed E-state index contributed by atoms with van der Waals surface area (Å²) >= 11 is 0. The number of carbonyl (C=O) groups is 2. The number of ether oxygens (including phenoxy) is 1. The number of nitrogens with zero attached hydrogens (tertiary/aromatic N) is 1. The topological polar surface area (TPSA) is 84.1 Å². The van der Waals surface area contributed by atoms with Crippen molar-refractivity contribution in [2.45, 2.75) is 19.4 Å². The molecule has 120 valence electrons. The van der Waals surface area contributed by atoms with Gasteiger partial charge in [0.25, 0.3) is 0 Å². The minimum absolute atomic E-state index is 0.179. The van der Waals surface area contributed by atoms with E-state index >= 15 is 0 Å². The second kappa shape index (κ2) is 5.83. The number of hydrogen-bond donors (Lipinski definition) is 2. The Kier molecular flexibility index (Phi) is 3.85. The van der Waals surface area contributed by atoms with E-state index in [-0.39, 0.29) is 18.3 Å². The van der Waals surface area contributed by atoms with E-state index in [1.165, 1.54) is 19.2 Å². The Morgan fingerprint density at radius 3 is 2.65 bits per heavy atom. The molecular formula is C16H16FN3O3. The number of aromatic nitrogens is 2. The van der Waals surface area contributed by atoms with Crippen LogP contribution in [0.25, 0.3) is 11.3 Å². The summed E-state index contributed by atoms with van der Waals surface area (Å²) in [4.78, 5) is 31.0. The van der Waals surface area contributed by atoms with Crippen LogP contribution in [-0.4, -0.2) is 29.0 Å². The van der Waals surface area contributed by atoms with E-state index in [9.17, 15) is 14.0 Å². The monoisotopic (exact) mass is 317 g/mol. The average Bonchev–Trinajstić information content (AvgIpc) is 3.25. The molecule has 1 aliphatic rings. The molecule has 1 aromatic carbocycles. The number of amides is 1. The molecular weight excluding hydrogens is 301 g/mol. The maximum absolute atomic E-state index is 12.9. The predicted octanol–water partition coefficient (Wildman–Crippen LogP) is 1.79. The number of methoxy groups -OCH3 is 1. The van der Waals surface area contributed by atoms with Gasteiger partial charge in [-0.3, -0.25) is 9.59 Å². The van der Waals surface area contributed by atoms with Crippen LogP contribution >= 0.6 is 0 Å². The van der Waals surface area contributed by atoms with Gasteiger partial charge in [-0.15, -0.1) is 0 Å². The zero-order valence-electron chi connectivity index (χ0n) is 12.6. The second-order valence-electron chi connectivity index (χ2n) is 5.51. The number of aromatic amines is 1. The van der Waals surface area contributed by atoms with Crippen molar-refractivity contribution in [1.29, 1.82) is 0 Å². The molecule has 2 N–H and O–H groups in total. The zero-order valence-corrected chi connectivity index (χ0v) is 12.6. The van der Waals surface area contributed by atoms with Crippen molar-refractivity contribution in [3.63, 3.8) is 0 Å². The second-order valence-corrected chi connectivity index (χ2v) is 5.51. The Morgan fingerprint density at radius 1 is 1.35 bits per heavy atom. The van der Waals surface area contributed by atoms with Gasteiger partial charge in [-0.05, 0) is 42.7 Å². The van der Waals surface area contributed by atoms with Gasteiger partial charge in [-0.2, -0.15) is 0 Å². The van der Waals surface area contributed by atoms with Crippen molar-refractivity contribution in [3.05, 3.63) is 42.1 Å². The number of halogens is 1. The molecule has 0 aliphatic heterocycles. The lowest BCUT2D eigenvalue weighted by molar-refractivity contribution is -0.152. The number of nitrogens with one attached hydrogen (secondary N) is 2. The van der Waals surface area contributed by atoms with E-state index < -0.39 is 11.4 Å². The third-order valence-electron chi connectivity index (χ3n) is 3.96. The molecule has 6 nitrogen and oxygen atoms in total. The third kappa shape index (κ3) is 2.94. The highest BCUT2D eigenvalue weighted by Crippen LogP contribution is 2.46. The predicted molar refractivity (Wildman–Crippen MR) is 79.5 cm³/mol. The highest BCUT2D eigenvalue weighted by molar-refractivity contribution is 6.05. The van der Waals surface area contributed by atoms with Gasteiger partial charge in [0.2, 0.25) is 5.91 Å². The zero-order chi connectivity index (χ0) is 16.4. The SMILES string of the molecule is COC(=O)C1(C(=O)NCc2ncc(-c3ccc(F)cc3)[nH]2)CC1. The number of H-pyrrole nitrogens is 1. The molecule has 2 aromatic rings. The lowest BCUT2D eigenvalue weighted by Crippen LogP contribution is -2.37. The maximum Gasteiger partial charge on any atom is 0.321 e. The molecule has 3 rings (SSSR count). The first kappa shape index (κ1) is 15.2. The molecule has 0 atom stereocenters. The summed E-state index contributed by atoms with van der Waals surface area (Å²) in [7, 11) is 1.27. The highest BCUT2D eigenvalue weighted by atomic mass is 19.1. The van der Waals surface area contributed by atoms with Gasteiger partial charge >= 0.3 is 5.97 Å². The number of hydrogen-bond acceptors (Lipinski definition) is 4. The minimum atomic E-state index is -1.03. The molecule has 1 amide bonds. The van der Waals surface area contributed by atoms with Crippen molar-refractivity contribution >= 4 is 11.9 Å². The number of imidazole rings is 1. The van der Waals surface area contributed by atoms with Crippen LogP contribution in [-0.2, 0) is 20.9 Å². The van der Waals surface area contributed by atoms with E-state index in [1.54, 1.807) is 18.3 Å². The molecule has 7 heteroatoms. The van der Waals surface area contributed by atoms with E-state index in [0.29, 0.717) is 18.7 Å². The van der Waals surface area contributed by atoms with Gasteiger partial charge in [-0.25, -0.2) is 9.37 Å². The van der Waals surface area contributed by atoms with Crippen LogP contribution < -0.4 is 5.32 Å².